The van der Waals surface area contributed by atoms with E-state index in [4.69, 9.17) is 16.6 Å². The summed E-state index contributed by atoms with van der Waals surface area (Å²) in [7, 11) is 0. The van der Waals surface area contributed by atoms with Gasteiger partial charge in [0.05, 0.1) is 17.4 Å². The van der Waals surface area contributed by atoms with Crippen LogP contribution in [0.25, 0.3) is 10.9 Å². The van der Waals surface area contributed by atoms with Gasteiger partial charge in [-0.2, -0.15) is 0 Å². The minimum atomic E-state index is -1.27. The van der Waals surface area contributed by atoms with Crippen LogP contribution >= 0.6 is 0 Å². The first-order chi connectivity index (χ1) is 19.0. The van der Waals surface area contributed by atoms with Crippen LogP contribution in [0.2, 0.25) is 0 Å². The zero-order valence-corrected chi connectivity index (χ0v) is 21.9. The van der Waals surface area contributed by atoms with Gasteiger partial charge >= 0.3 is 11.9 Å². The fraction of sp³-hybridized carbons (Fsp3) is 0.286. The number of aliphatic carboxylic acids is 2. The maximum Gasteiger partial charge on any atom is 0.325 e. The predicted octanol–water partition coefficient (Wildman–Crippen LogP) is 1.42. The fourth-order valence-electron chi connectivity index (χ4n) is 3.95. The molecule has 0 aliphatic carbocycles. The number of aryl methyl sites for hydroxylation is 1. The van der Waals surface area contributed by atoms with Crippen molar-refractivity contribution in [2.24, 2.45) is 0 Å². The molecule has 0 spiro atoms. The predicted molar refractivity (Wildman–Crippen MR) is 147 cm³/mol. The van der Waals surface area contributed by atoms with Gasteiger partial charge < -0.3 is 30.7 Å². The second kappa shape index (κ2) is 13.1. The molecular weight excluding hydrogens is 518 g/mol. The van der Waals surface area contributed by atoms with E-state index in [2.05, 4.69) is 26.5 Å². The second-order valence-electron chi connectivity index (χ2n) is 9.14. The molecule has 3 aromatic rings. The van der Waals surface area contributed by atoms with Crippen LogP contribution in [0, 0.1) is 19.3 Å². The number of terminal acetylenes is 1. The Balaban J connectivity index is 1.76. The highest BCUT2D eigenvalue weighted by molar-refractivity contribution is 5.98. The molecule has 2 amide bonds. The minimum Gasteiger partial charge on any atom is -0.481 e. The smallest absolute Gasteiger partial charge is 0.325 e. The van der Waals surface area contributed by atoms with Crippen molar-refractivity contribution in [3.8, 4) is 12.3 Å². The molecule has 5 N–H and O–H groups in total. The Kier molecular flexibility index (Phi) is 9.59. The number of anilines is 1. The highest BCUT2D eigenvalue weighted by Crippen LogP contribution is 2.20. The van der Waals surface area contributed by atoms with E-state index in [1.807, 2.05) is 11.0 Å². The first-order valence-corrected chi connectivity index (χ1v) is 12.3. The Morgan fingerprint density at radius 1 is 1.10 bits per heavy atom. The SMILES string of the molecule is C#CCN(Cc1ccc2nc(C)[nH]c(=O)c2c1)c1ccc(C(=O)N[C@@H](CCC(=O)O)C(=O)N[C@@H](C)C(=O)O)cc1. The third-order valence-corrected chi connectivity index (χ3v) is 6.04. The van der Waals surface area contributed by atoms with Crippen molar-refractivity contribution in [1.82, 2.24) is 20.6 Å². The number of carboxylic acid groups (broad SMARTS) is 2. The quantitative estimate of drug-likeness (QED) is 0.209. The molecule has 12 heteroatoms. The highest BCUT2D eigenvalue weighted by atomic mass is 16.4. The summed E-state index contributed by atoms with van der Waals surface area (Å²) in [5.41, 5.74) is 2.06. The number of carbonyl (C=O) groups excluding carboxylic acids is 2. The largest absolute Gasteiger partial charge is 0.481 e. The van der Waals surface area contributed by atoms with Gasteiger partial charge in [0.2, 0.25) is 5.91 Å². The second-order valence-corrected chi connectivity index (χ2v) is 9.14. The van der Waals surface area contributed by atoms with Gasteiger partial charge in [-0.3, -0.25) is 24.0 Å². The fourth-order valence-corrected chi connectivity index (χ4v) is 3.95. The maximum atomic E-state index is 12.9. The Hall–Kier alpha value is -5.18. The number of amides is 2. The molecule has 0 unspecified atom stereocenters. The zero-order chi connectivity index (χ0) is 29.4. The summed E-state index contributed by atoms with van der Waals surface area (Å²) in [5.74, 6) is -0.766. The van der Waals surface area contributed by atoms with Gasteiger partial charge in [-0.15, -0.1) is 6.42 Å². The van der Waals surface area contributed by atoms with E-state index < -0.39 is 42.3 Å². The number of hydrogen-bond acceptors (Lipinski definition) is 7. The molecule has 0 bridgehead atoms. The summed E-state index contributed by atoms with van der Waals surface area (Å²) in [6.07, 6.45) is 4.95. The number of aromatic amines is 1. The van der Waals surface area contributed by atoms with Crippen molar-refractivity contribution < 1.29 is 29.4 Å². The van der Waals surface area contributed by atoms with Crippen LogP contribution in [0.4, 0.5) is 5.69 Å². The topological polar surface area (TPSA) is 182 Å². The molecule has 1 heterocycles. The lowest BCUT2D eigenvalue weighted by molar-refractivity contribution is -0.142. The molecule has 1 aromatic heterocycles. The molecule has 0 saturated heterocycles. The van der Waals surface area contributed by atoms with E-state index in [0.717, 1.165) is 5.56 Å². The standard InChI is InChI=1S/C28H29N5O7/c1-4-13-33(15-18-5-10-22-21(14-18)26(37)31-17(3)30-22)20-8-6-19(7-9-20)25(36)32-23(11-12-24(34)35)27(38)29-16(2)28(39)40/h1,5-10,14,16,23H,11-13,15H2,2-3H3,(H,29,38)(H,32,36)(H,34,35)(H,39,40)(H,30,31,37)/t16-,23-/m0/s1. The van der Waals surface area contributed by atoms with Gasteiger partial charge in [0.25, 0.3) is 11.5 Å². The number of aromatic nitrogens is 2. The first-order valence-electron chi connectivity index (χ1n) is 12.3. The molecule has 2 aromatic carbocycles. The highest BCUT2D eigenvalue weighted by Gasteiger charge is 2.25. The number of hydrogen-bond donors (Lipinski definition) is 5. The third-order valence-electron chi connectivity index (χ3n) is 6.04. The molecule has 0 saturated carbocycles. The number of benzene rings is 2. The van der Waals surface area contributed by atoms with Crippen molar-refractivity contribution in [2.45, 2.75) is 45.3 Å². The van der Waals surface area contributed by atoms with E-state index >= 15 is 0 Å². The van der Waals surface area contributed by atoms with Crippen molar-refractivity contribution >= 4 is 40.3 Å². The molecule has 0 radical (unpaired) electrons. The summed E-state index contributed by atoms with van der Waals surface area (Å²) in [4.78, 5) is 68.7. The summed E-state index contributed by atoms with van der Waals surface area (Å²) in [6, 6.07) is 9.29. The van der Waals surface area contributed by atoms with Crippen LogP contribution in [0.5, 0.6) is 0 Å². The van der Waals surface area contributed by atoms with Crippen LogP contribution in [0.1, 0.15) is 41.5 Å². The van der Waals surface area contributed by atoms with Gasteiger partial charge in [0.15, 0.2) is 0 Å². The Morgan fingerprint density at radius 3 is 2.42 bits per heavy atom. The molecule has 0 aliphatic rings. The zero-order valence-electron chi connectivity index (χ0n) is 21.9. The number of nitrogens with one attached hydrogen (secondary N) is 3. The summed E-state index contributed by atoms with van der Waals surface area (Å²) < 4.78 is 0. The van der Waals surface area contributed by atoms with E-state index in [0.29, 0.717) is 29.0 Å². The summed E-state index contributed by atoms with van der Waals surface area (Å²) >= 11 is 0. The molecule has 3 rings (SSSR count). The van der Waals surface area contributed by atoms with E-state index in [1.54, 1.807) is 31.2 Å². The monoisotopic (exact) mass is 547 g/mol. The molecular formula is C28H29N5O7. The molecule has 40 heavy (non-hydrogen) atoms. The van der Waals surface area contributed by atoms with Crippen molar-refractivity contribution in [3.05, 3.63) is 69.8 Å². The first kappa shape index (κ1) is 29.4. The van der Waals surface area contributed by atoms with Gasteiger partial charge in [0.1, 0.15) is 17.9 Å². The summed E-state index contributed by atoms with van der Waals surface area (Å²) in [5, 5.41) is 23.2. The van der Waals surface area contributed by atoms with Crippen molar-refractivity contribution in [2.75, 3.05) is 11.4 Å². The average molecular weight is 548 g/mol. The number of rotatable bonds is 12. The molecule has 0 aliphatic heterocycles. The van der Waals surface area contributed by atoms with Crippen LogP contribution in [0.3, 0.4) is 0 Å². The number of fused-ring (bicyclic) bond motifs is 1. The number of H-pyrrole nitrogens is 1. The number of carboxylic acids is 2. The third kappa shape index (κ3) is 7.67. The van der Waals surface area contributed by atoms with Crippen LogP contribution < -0.4 is 21.1 Å². The molecule has 2 atom stereocenters. The van der Waals surface area contributed by atoms with Gasteiger partial charge in [0, 0.05) is 24.2 Å². The summed E-state index contributed by atoms with van der Waals surface area (Å²) in [6.45, 7) is 3.58. The van der Waals surface area contributed by atoms with Crippen LogP contribution in [-0.4, -0.2) is 62.6 Å². The Bertz CT molecular complexity index is 1520. The Morgan fingerprint density at radius 2 is 1.80 bits per heavy atom. The van der Waals surface area contributed by atoms with E-state index in [1.165, 1.54) is 19.1 Å². The lowest BCUT2D eigenvalue weighted by Gasteiger charge is -2.23. The molecule has 12 nitrogen and oxygen atoms in total. The van der Waals surface area contributed by atoms with Gasteiger partial charge in [-0.25, -0.2) is 4.98 Å². The lowest BCUT2D eigenvalue weighted by Crippen LogP contribution is -2.50. The van der Waals surface area contributed by atoms with Crippen molar-refractivity contribution in [1.29, 1.82) is 0 Å². The normalized spacial score (nSPS) is 12.1. The van der Waals surface area contributed by atoms with E-state index in [-0.39, 0.29) is 24.1 Å². The molecule has 208 valence electrons. The van der Waals surface area contributed by atoms with E-state index in [9.17, 15) is 24.0 Å². The number of nitrogens with zero attached hydrogens (tertiary/aromatic N) is 2. The van der Waals surface area contributed by atoms with Gasteiger partial charge in [-0.05, 0) is 62.2 Å². The van der Waals surface area contributed by atoms with Gasteiger partial charge in [-0.1, -0.05) is 12.0 Å². The average Bonchev–Trinajstić information content (AvgIpc) is 2.90. The van der Waals surface area contributed by atoms with Crippen LogP contribution in [0.15, 0.2) is 47.3 Å². The minimum absolute atomic E-state index is 0.197. The number of carbonyl (C=O) groups is 4. The lowest BCUT2D eigenvalue weighted by atomic mass is 10.1. The Labute approximate surface area is 229 Å². The molecule has 0 fully saturated rings. The van der Waals surface area contributed by atoms with Crippen LogP contribution in [-0.2, 0) is 20.9 Å². The maximum absolute atomic E-state index is 12.9. The van der Waals surface area contributed by atoms with Crippen molar-refractivity contribution in [3.63, 3.8) is 0 Å².